The molecule has 0 bridgehead atoms. The zero-order valence-corrected chi connectivity index (χ0v) is 58.5. The number of hydrogen-bond donors (Lipinski definition) is 5. The second-order valence-electron chi connectivity index (χ2n) is 28.3. The van der Waals surface area contributed by atoms with Gasteiger partial charge in [0, 0.05) is 69.5 Å². The van der Waals surface area contributed by atoms with Gasteiger partial charge in [-0.1, -0.05) is 71.9 Å². The van der Waals surface area contributed by atoms with Crippen molar-refractivity contribution in [3.05, 3.63) is 35.9 Å². The molecule has 25 atom stereocenters. The van der Waals surface area contributed by atoms with Crippen molar-refractivity contribution in [1.82, 2.24) is 25.8 Å². The van der Waals surface area contributed by atoms with Crippen LogP contribution >= 0.6 is 0 Å². The van der Waals surface area contributed by atoms with Crippen molar-refractivity contribution >= 4 is 47.3 Å². The van der Waals surface area contributed by atoms with Crippen LogP contribution in [0.5, 0.6) is 0 Å². The Morgan fingerprint density at radius 2 is 1.03 bits per heavy atom. The minimum Gasteiger partial charge on any atom is -0.458 e. The van der Waals surface area contributed by atoms with Gasteiger partial charge in [0.15, 0.2) is 35.3 Å². The largest absolute Gasteiger partial charge is 0.458 e. The number of ketones is 4. The first-order chi connectivity index (χ1) is 43.4. The number of likely N-dealkylation sites (N-methyl/N-ethyl adjacent to an activating group) is 2. The Morgan fingerprint density at radius 1 is 0.602 bits per heavy atom. The number of alkyl carbamates (subject to hydrolysis) is 2. The number of nitrogens with zero attached hydrogens (tertiary/aromatic N) is 2. The summed E-state index contributed by atoms with van der Waals surface area (Å²) in [5.74, 6) is -9.13. The van der Waals surface area contributed by atoms with Gasteiger partial charge in [0.2, 0.25) is 0 Å². The van der Waals surface area contributed by atoms with Crippen molar-refractivity contribution in [3.63, 3.8) is 0 Å². The smallest absolute Gasteiger partial charge is 0.408 e. The highest BCUT2D eigenvalue weighted by molar-refractivity contribution is 6.01. The number of carbonyl (C=O) groups excluding carboxylic acids is 8. The molecule has 1 aromatic rings. The number of carbonyl (C=O) groups is 8. The van der Waals surface area contributed by atoms with E-state index >= 15 is 0 Å². The molecule has 0 spiro atoms. The van der Waals surface area contributed by atoms with Crippen molar-refractivity contribution in [3.8, 4) is 0 Å². The first-order valence-corrected chi connectivity index (χ1v) is 33.1. The summed E-state index contributed by atoms with van der Waals surface area (Å²) in [6.45, 7) is 24.7. The zero-order chi connectivity index (χ0) is 69.6. The SMILES string of the molecule is CC[C@H]1OC(=O)[C@H](C)C(=O)[C@H](C)[C@@H](O[C@@H]2O[C@H](C)C[C@H](N(C)C)[C@H]2O)[C@@](C)(OC)C[C@@H](C)C(=O)C[C@H]2NC(=O)O[C@@]21C.CC[C@H]1OC(=O)[C@H](C)C(=O)[C@H](C)[C@@H](O[C@@H]2O[C@H](C)C[C@H](N(C)C)[C@H]2O)[C@@](C)(OC)C[C@@H](C)C(=O)[C@H](CNCc2ccccc2)[C@H]2NC(=O)O[C@@]21C. The van der Waals surface area contributed by atoms with Gasteiger partial charge >= 0.3 is 24.1 Å². The average Bonchev–Trinajstić information content (AvgIpc) is 1.75. The summed E-state index contributed by atoms with van der Waals surface area (Å²) in [7, 11) is 10.4. The lowest BCUT2D eigenvalue weighted by Crippen LogP contribution is -2.61. The summed E-state index contributed by atoms with van der Waals surface area (Å²) < 4.78 is 60.6. The van der Waals surface area contributed by atoms with Gasteiger partial charge in [0.05, 0.1) is 53.6 Å². The summed E-state index contributed by atoms with van der Waals surface area (Å²) in [5, 5.41) is 31.6. The second-order valence-corrected chi connectivity index (χ2v) is 28.3. The van der Waals surface area contributed by atoms with Crippen LogP contribution in [0.3, 0.4) is 0 Å². The molecule has 25 heteroatoms. The topological polar surface area (TPSA) is 312 Å². The van der Waals surface area contributed by atoms with Gasteiger partial charge in [0.1, 0.15) is 47.8 Å². The lowest BCUT2D eigenvalue weighted by molar-refractivity contribution is -0.295. The number of benzene rings is 1. The molecule has 5 N–H and O–H groups in total. The maximum absolute atomic E-state index is 14.7. The Bertz CT molecular complexity index is 2760. The number of methoxy groups -OCH3 is 2. The standard InChI is InChI=1S/C38H59N3O10.C30H50N2O10/c1-11-28-38(7)32(40-36(46)51-38)26(20-39-19-25-15-13-12-14-16-25)29(42)21(2)18-37(6,47-10)33(23(4)30(43)24(5)34(45)49-28)50-35-31(44)27(41(8)9)17-22(3)48-35;1-11-22-30(7)21(31-28(37)42-30)13-20(33)15(2)14-29(6,38-10)25(17(4)23(34)18(5)26(36)40-22)41-27-24(35)19(32(8)9)12-16(3)39-27/h12-16,21-24,26-28,31-33,35,39,44H,11,17-20H2,1-10H3,(H,40,46);15-19,21-22,24-25,27,35H,11-14H2,1-10H3,(H,31,37)/t21-,22-,23+,24-,26+,27+,28-,31-,32-,33-,35+,37+,38-;15-,16-,17+,18-,19+,21-,22-,24-,25-,27+,29+,30+/m11/s1. The van der Waals surface area contributed by atoms with Gasteiger partial charge < -0.3 is 83.3 Å². The molecule has 2 amide bonds. The molecule has 0 saturated carbocycles. The summed E-state index contributed by atoms with van der Waals surface area (Å²) in [6.07, 6.45) is -8.17. The highest BCUT2D eigenvalue weighted by Gasteiger charge is 2.60. The van der Waals surface area contributed by atoms with Crippen LogP contribution in [0, 0.1) is 41.4 Å². The van der Waals surface area contributed by atoms with E-state index in [-0.39, 0.29) is 68.1 Å². The first kappa shape index (κ1) is 77.0. The summed E-state index contributed by atoms with van der Waals surface area (Å²) in [4.78, 5) is 113. The molecule has 93 heavy (non-hydrogen) atoms. The van der Waals surface area contributed by atoms with E-state index in [1.165, 1.54) is 28.1 Å². The maximum Gasteiger partial charge on any atom is 0.408 e. The number of nitrogens with one attached hydrogen (secondary N) is 3. The number of hydrogen-bond acceptors (Lipinski definition) is 23. The maximum atomic E-state index is 14.7. The molecule has 6 aliphatic rings. The Balaban J connectivity index is 0.000000301. The monoisotopic (exact) mass is 1320 g/mol. The number of esters is 2. The number of ether oxygens (including phenoxy) is 10. The van der Waals surface area contributed by atoms with Gasteiger partial charge in [-0.05, 0) is 128 Å². The molecule has 0 aromatic heterocycles. The van der Waals surface area contributed by atoms with Crippen molar-refractivity contribution in [1.29, 1.82) is 0 Å². The van der Waals surface area contributed by atoms with Crippen LogP contribution in [-0.2, 0) is 82.7 Å². The molecule has 6 heterocycles. The number of Topliss-reactive ketones (excluding diaryl/α,β-unsaturated/α-hetero) is 4. The molecule has 526 valence electrons. The molecular weight excluding hydrogens is 1210 g/mol. The fraction of sp³-hybridized carbons (Fsp3) is 0.794. The Kier molecular flexibility index (Phi) is 26.4. The fourth-order valence-electron chi connectivity index (χ4n) is 14.8. The quantitative estimate of drug-likeness (QED) is 0.0875. The van der Waals surface area contributed by atoms with Crippen molar-refractivity contribution in [2.45, 2.75) is 256 Å². The van der Waals surface area contributed by atoms with Crippen LogP contribution in [0.4, 0.5) is 9.59 Å². The fourth-order valence-corrected chi connectivity index (χ4v) is 14.8. The van der Waals surface area contributed by atoms with Crippen LogP contribution in [0.1, 0.15) is 147 Å². The molecule has 6 fully saturated rings. The Labute approximate surface area is 549 Å². The van der Waals surface area contributed by atoms with Gasteiger partial charge in [-0.2, -0.15) is 0 Å². The van der Waals surface area contributed by atoms with Crippen molar-refractivity contribution in [2.24, 2.45) is 41.4 Å². The van der Waals surface area contributed by atoms with Crippen LogP contribution < -0.4 is 16.0 Å². The molecule has 0 unspecified atom stereocenters. The van der Waals surface area contributed by atoms with E-state index in [9.17, 15) is 48.6 Å². The third-order valence-corrected chi connectivity index (χ3v) is 20.8. The molecule has 0 aliphatic carbocycles. The highest BCUT2D eigenvalue weighted by Crippen LogP contribution is 2.43. The van der Waals surface area contributed by atoms with E-state index in [1.54, 1.807) is 69.2 Å². The molecule has 7 rings (SSSR count). The number of fused-ring (bicyclic) bond motifs is 2. The van der Waals surface area contributed by atoms with Crippen molar-refractivity contribution < 1.29 is 95.9 Å². The number of cyclic esters (lactones) is 2. The van der Waals surface area contributed by atoms with E-state index < -0.39 is 161 Å². The van der Waals surface area contributed by atoms with Crippen LogP contribution in [0.15, 0.2) is 30.3 Å². The van der Waals surface area contributed by atoms with Gasteiger partial charge in [0.25, 0.3) is 0 Å². The number of amides is 2. The molecule has 0 radical (unpaired) electrons. The normalized spacial score (nSPS) is 41.8. The first-order valence-electron chi connectivity index (χ1n) is 33.1. The number of aliphatic hydroxyl groups excluding tert-OH is 2. The van der Waals surface area contributed by atoms with E-state index in [0.717, 1.165) is 5.56 Å². The summed E-state index contributed by atoms with van der Waals surface area (Å²) >= 11 is 0. The van der Waals surface area contributed by atoms with Gasteiger partial charge in [-0.15, -0.1) is 0 Å². The minimum absolute atomic E-state index is 0.0563. The van der Waals surface area contributed by atoms with Gasteiger partial charge in [-0.3, -0.25) is 28.8 Å². The van der Waals surface area contributed by atoms with Crippen LogP contribution in [0.25, 0.3) is 0 Å². The van der Waals surface area contributed by atoms with E-state index in [0.29, 0.717) is 25.8 Å². The predicted octanol–water partition coefficient (Wildman–Crippen LogP) is 5.48. The summed E-state index contributed by atoms with van der Waals surface area (Å²) in [6, 6.07) is 7.60. The average molecular weight is 1320 g/mol. The van der Waals surface area contributed by atoms with Crippen LogP contribution in [-0.4, -0.2) is 224 Å². The van der Waals surface area contributed by atoms with Crippen molar-refractivity contribution in [2.75, 3.05) is 49.0 Å². The van der Waals surface area contributed by atoms with E-state index in [4.69, 9.17) is 47.4 Å². The highest BCUT2D eigenvalue weighted by atomic mass is 16.7. The second kappa shape index (κ2) is 31.9. The lowest BCUT2D eigenvalue weighted by Gasteiger charge is -2.47. The third-order valence-electron chi connectivity index (χ3n) is 20.8. The number of rotatable bonds is 14. The molecular formula is C68H109N5O20. The Hall–Kier alpha value is -5.06. The molecule has 1 aromatic carbocycles. The molecule has 25 nitrogen and oxygen atoms in total. The Morgan fingerprint density at radius 3 is 1.47 bits per heavy atom. The summed E-state index contributed by atoms with van der Waals surface area (Å²) in [5.41, 5.74) is -4.19. The third kappa shape index (κ3) is 17.2. The van der Waals surface area contributed by atoms with Crippen LogP contribution in [0.2, 0.25) is 0 Å². The number of aliphatic hydroxyl groups is 2. The molecule has 6 aliphatic heterocycles. The van der Waals surface area contributed by atoms with E-state index in [1.807, 2.05) is 82.2 Å². The minimum atomic E-state index is -1.42. The van der Waals surface area contributed by atoms with Gasteiger partial charge in [-0.25, -0.2) is 9.59 Å². The lowest BCUT2D eigenvalue weighted by atomic mass is 9.73. The molecule has 6 saturated heterocycles. The van der Waals surface area contributed by atoms with E-state index in [2.05, 4.69) is 16.0 Å². The zero-order valence-electron chi connectivity index (χ0n) is 58.5. The predicted molar refractivity (Wildman–Crippen MR) is 340 cm³/mol.